The molecule has 0 spiro atoms. The zero-order chi connectivity index (χ0) is 9.26. The fourth-order valence-corrected chi connectivity index (χ4v) is 2.20. The van der Waals surface area contributed by atoms with Crippen LogP contribution in [0, 0.1) is 5.92 Å². The van der Waals surface area contributed by atoms with Gasteiger partial charge in [0.05, 0.1) is 0 Å². The summed E-state index contributed by atoms with van der Waals surface area (Å²) in [4.78, 5) is 4.37. The van der Waals surface area contributed by atoms with E-state index in [0.29, 0.717) is 6.04 Å². The SMILES string of the molecule is CCc1nsc(N[C@@H]2C[C@H]2CC)n1. The number of hydrogen-bond donors (Lipinski definition) is 1. The zero-order valence-corrected chi connectivity index (χ0v) is 8.90. The van der Waals surface area contributed by atoms with E-state index in [1.165, 1.54) is 24.4 Å². The first kappa shape index (κ1) is 8.94. The van der Waals surface area contributed by atoms with Crippen molar-refractivity contribution in [1.29, 1.82) is 0 Å². The van der Waals surface area contributed by atoms with Gasteiger partial charge >= 0.3 is 0 Å². The van der Waals surface area contributed by atoms with E-state index in [4.69, 9.17) is 0 Å². The molecule has 4 heteroatoms. The molecule has 2 atom stereocenters. The van der Waals surface area contributed by atoms with E-state index < -0.39 is 0 Å². The molecule has 1 fully saturated rings. The molecule has 3 nitrogen and oxygen atoms in total. The van der Waals surface area contributed by atoms with Gasteiger partial charge in [-0.3, -0.25) is 0 Å². The van der Waals surface area contributed by atoms with E-state index in [-0.39, 0.29) is 0 Å². The highest BCUT2D eigenvalue weighted by atomic mass is 32.1. The lowest BCUT2D eigenvalue weighted by Gasteiger charge is -1.97. The molecule has 0 amide bonds. The van der Waals surface area contributed by atoms with Gasteiger partial charge in [0.25, 0.3) is 0 Å². The monoisotopic (exact) mass is 197 g/mol. The molecule has 0 unspecified atom stereocenters. The van der Waals surface area contributed by atoms with Gasteiger partial charge < -0.3 is 5.32 Å². The molecule has 13 heavy (non-hydrogen) atoms. The highest BCUT2D eigenvalue weighted by molar-refractivity contribution is 7.09. The first-order chi connectivity index (χ1) is 6.33. The average Bonchev–Trinajstić information content (AvgIpc) is 2.73. The number of nitrogens with one attached hydrogen (secondary N) is 1. The zero-order valence-electron chi connectivity index (χ0n) is 8.08. The van der Waals surface area contributed by atoms with Gasteiger partial charge in [0, 0.05) is 24.0 Å². The number of nitrogens with zero attached hydrogens (tertiary/aromatic N) is 2. The topological polar surface area (TPSA) is 37.8 Å². The third-order valence-electron chi connectivity index (χ3n) is 2.54. The summed E-state index contributed by atoms with van der Waals surface area (Å²) in [5.74, 6) is 1.83. The Morgan fingerprint density at radius 1 is 1.54 bits per heavy atom. The van der Waals surface area contributed by atoms with Crippen LogP contribution in [0.15, 0.2) is 0 Å². The van der Waals surface area contributed by atoms with Crippen LogP contribution in [-0.2, 0) is 6.42 Å². The molecule has 1 N–H and O–H groups in total. The Labute approximate surface area is 82.8 Å². The number of aryl methyl sites for hydroxylation is 1. The van der Waals surface area contributed by atoms with Crippen LogP contribution in [0.1, 0.15) is 32.5 Å². The van der Waals surface area contributed by atoms with Crippen molar-refractivity contribution >= 4 is 16.7 Å². The van der Waals surface area contributed by atoms with Gasteiger partial charge in [0.2, 0.25) is 5.13 Å². The molecule has 0 saturated heterocycles. The van der Waals surface area contributed by atoms with Crippen LogP contribution in [-0.4, -0.2) is 15.4 Å². The molecular weight excluding hydrogens is 182 g/mol. The minimum Gasteiger partial charge on any atom is -0.357 e. The fraction of sp³-hybridized carbons (Fsp3) is 0.778. The average molecular weight is 197 g/mol. The summed E-state index contributed by atoms with van der Waals surface area (Å²) in [6.07, 6.45) is 3.51. The van der Waals surface area contributed by atoms with Crippen LogP contribution in [0.2, 0.25) is 0 Å². The summed E-state index contributed by atoms with van der Waals surface area (Å²) in [6, 6.07) is 0.669. The van der Waals surface area contributed by atoms with Crippen LogP contribution in [0.25, 0.3) is 0 Å². The van der Waals surface area contributed by atoms with Crippen LogP contribution >= 0.6 is 11.5 Å². The molecule has 72 valence electrons. The molecule has 1 aromatic heterocycles. The molecule has 0 bridgehead atoms. The van der Waals surface area contributed by atoms with Crippen LogP contribution < -0.4 is 5.32 Å². The van der Waals surface area contributed by atoms with Crippen molar-refractivity contribution < 1.29 is 0 Å². The quantitative estimate of drug-likeness (QED) is 0.805. The van der Waals surface area contributed by atoms with E-state index in [1.54, 1.807) is 0 Å². The second kappa shape index (κ2) is 3.62. The van der Waals surface area contributed by atoms with E-state index in [1.807, 2.05) is 0 Å². The summed E-state index contributed by atoms with van der Waals surface area (Å²) >= 11 is 1.48. The lowest BCUT2D eigenvalue weighted by Crippen LogP contribution is -2.03. The Balaban J connectivity index is 1.88. The number of rotatable bonds is 4. The van der Waals surface area contributed by atoms with Crippen LogP contribution in [0.4, 0.5) is 5.13 Å². The molecule has 0 aromatic carbocycles. The minimum atomic E-state index is 0.669. The van der Waals surface area contributed by atoms with E-state index >= 15 is 0 Å². The molecule has 0 radical (unpaired) electrons. The third kappa shape index (κ3) is 1.99. The molecule has 1 heterocycles. The minimum absolute atomic E-state index is 0.669. The van der Waals surface area contributed by atoms with Crippen LogP contribution in [0.3, 0.4) is 0 Å². The van der Waals surface area contributed by atoms with Crippen LogP contribution in [0.5, 0.6) is 0 Å². The Morgan fingerprint density at radius 3 is 2.92 bits per heavy atom. The van der Waals surface area contributed by atoms with Crippen molar-refractivity contribution in [2.75, 3.05) is 5.32 Å². The first-order valence-corrected chi connectivity index (χ1v) is 5.70. The maximum absolute atomic E-state index is 4.37. The Morgan fingerprint density at radius 2 is 2.38 bits per heavy atom. The van der Waals surface area contributed by atoms with E-state index in [0.717, 1.165) is 23.3 Å². The second-order valence-corrected chi connectivity index (χ2v) is 4.28. The Bertz CT molecular complexity index is 284. The van der Waals surface area contributed by atoms with Crippen molar-refractivity contribution in [1.82, 2.24) is 9.36 Å². The van der Waals surface area contributed by atoms with Crippen molar-refractivity contribution in [2.45, 2.75) is 39.2 Å². The predicted molar refractivity (Wildman–Crippen MR) is 55.1 cm³/mol. The Kier molecular flexibility index (Phi) is 2.49. The second-order valence-electron chi connectivity index (χ2n) is 3.52. The van der Waals surface area contributed by atoms with Gasteiger partial charge in [-0.05, 0) is 12.3 Å². The summed E-state index contributed by atoms with van der Waals surface area (Å²) in [6.45, 7) is 4.32. The van der Waals surface area contributed by atoms with Gasteiger partial charge in [0.1, 0.15) is 5.82 Å². The largest absolute Gasteiger partial charge is 0.357 e. The van der Waals surface area contributed by atoms with Gasteiger partial charge in [-0.2, -0.15) is 4.37 Å². The summed E-state index contributed by atoms with van der Waals surface area (Å²) in [5, 5.41) is 4.41. The third-order valence-corrected chi connectivity index (χ3v) is 3.22. The molecule has 2 rings (SSSR count). The maximum atomic E-state index is 4.37. The summed E-state index contributed by atoms with van der Waals surface area (Å²) in [5.41, 5.74) is 0. The van der Waals surface area contributed by atoms with E-state index in [2.05, 4.69) is 28.5 Å². The van der Waals surface area contributed by atoms with Crippen molar-refractivity contribution in [3.05, 3.63) is 5.82 Å². The number of aromatic nitrogens is 2. The fourth-order valence-electron chi connectivity index (χ4n) is 1.49. The first-order valence-electron chi connectivity index (χ1n) is 4.92. The summed E-state index contributed by atoms with van der Waals surface area (Å²) < 4.78 is 4.23. The molecular formula is C9H15N3S. The van der Waals surface area contributed by atoms with Crippen molar-refractivity contribution in [3.63, 3.8) is 0 Å². The standard InChI is InChI=1S/C9H15N3S/c1-3-6-5-7(6)10-9-11-8(4-2)12-13-9/h6-7H,3-5H2,1-2H3,(H,10,11,12)/t6-,7-/m1/s1. The lowest BCUT2D eigenvalue weighted by atomic mass is 10.3. The van der Waals surface area contributed by atoms with Gasteiger partial charge in [0.15, 0.2) is 0 Å². The maximum Gasteiger partial charge on any atom is 0.202 e. The van der Waals surface area contributed by atoms with Gasteiger partial charge in [-0.1, -0.05) is 20.3 Å². The lowest BCUT2D eigenvalue weighted by molar-refractivity contribution is 0.774. The number of hydrogen-bond acceptors (Lipinski definition) is 4. The molecule has 0 aliphatic heterocycles. The molecule has 1 saturated carbocycles. The smallest absolute Gasteiger partial charge is 0.202 e. The van der Waals surface area contributed by atoms with Gasteiger partial charge in [-0.25, -0.2) is 4.98 Å². The van der Waals surface area contributed by atoms with Gasteiger partial charge in [-0.15, -0.1) is 0 Å². The summed E-state index contributed by atoms with van der Waals surface area (Å²) in [7, 11) is 0. The molecule has 1 aliphatic rings. The van der Waals surface area contributed by atoms with Crippen molar-refractivity contribution in [3.8, 4) is 0 Å². The van der Waals surface area contributed by atoms with Crippen molar-refractivity contribution in [2.24, 2.45) is 5.92 Å². The normalized spacial score (nSPS) is 26.0. The molecule has 1 aliphatic carbocycles. The Hall–Kier alpha value is -0.640. The van der Waals surface area contributed by atoms with E-state index in [9.17, 15) is 0 Å². The highest BCUT2D eigenvalue weighted by Gasteiger charge is 2.35. The number of anilines is 1. The molecule has 1 aromatic rings. The predicted octanol–water partition coefficient (Wildman–Crippen LogP) is 2.31. The highest BCUT2D eigenvalue weighted by Crippen LogP contribution is 2.36.